The topological polar surface area (TPSA) is 52.7 Å². The molecule has 60 valence electrons. The maximum Gasteiger partial charge on any atom is 0.289 e. The molecule has 0 amide bonds. The van der Waals surface area contributed by atoms with Crippen molar-refractivity contribution in [2.45, 2.75) is 0 Å². The van der Waals surface area contributed by atoms with Gasteiger partial charge < -0.3 is 5.21 Å². The molecule has 0 aliphatic rings. The maximum atomic E-state index is 11.1. The molecule has 0 saturated carbocycles. The van der Waals surface area contributed by atoms with E-state index in [1.54, 1.807) is 12.3 Å². The molecule has 0 bridgehead atoms. The van der Waals surface area contributed by atoms with Crippen LogP contribution in [0, 0.1) is 5.21 Å². The monoisotopic (exact) mass is 181 g/mol. The van der Waals surface area contributed by atoms with Gasteiger partial charge in [-0.3, -0.25) is 0 Å². The summed E-state index contributed by atoms with van der Waals surface area (Å²) < 4.78 is 0.651. The first-order valence-corrected chi connectivity index (χ1v) is 3.63. The standard InChI is InChI=1S/C7H4ClN3O/c8-7-1-5-2-9-4-11(12)6(5)3-10-7/h1-4H. The number of hydrogen-bond donors (Lipinski definition) is 0. The SMILES string of the molecule is [O-][n+]1cncc2cc(Cl)ncc21. The van der Waals surface area contributed by atoms with E-state index in [0.717, 1.165) is 0 Å². The summed E-state index contributed by atoms with van der Waals surface area (Å²) in [6.07, 6.45) is 4.17. The Morgan fingerprint density at radius 3 is 3.08 bits per heavy atom. The fourth-order valence-corrected chi connectivity index (χ4v) is 1.13. The van der Waals surface area contributed by atoms with Gasteiger partial charge in [0.2, 0.25) is 0 Å². The van der Waals surface area contributed by atoms with Crippen LogP contribution in [0.5, 0.6) is 0 Å². The van der Waals surface area contributed by atoms with Crippen LogP contribution in [0.3, 0.4) is 0 Å². The van der Waals surface area contributed by atoms with Crippen LogP contribution < -0.4 is 4.73 Å². The Hall–Kier alpha value is -1.42. The summed E-state index contributed by atoms with van der Waals surface area (Å²) in [4.78, 5) is 7.50. The van der Waals surface area contributed by atoms with Gasteiger partial charge in [0.25, 0.3) is 6.33 Å². The van der Waals surface area contributed by atoms with E-state index in [1.165, 1.54) is 12.5 Å². The van der Waals surface area contributed by atoms with Gasteiger partial charge >= 0.3 is 0 Å². The van der Waals surface area contributed by atoms with Crippen molar-refractivity contribution in [2.75, 3.05) is 0 Å². The molecule has 0 N–H and O–H groups in total. The summed E-state index contributed by atoms with van der Waals surface area (Å²) in [6.45, 7) is 0. The summed E-state index contributed by atoms with van der Waals surface area (Å²) in [6, 6.07) is 1.60. The number of nitrogens with zero attached hydrogens (tertiary/aromatic N) is 3. The second-order valence-corrected chi connectivity index (χ2v) is 2.67. The number of fused-ring (bicyclic) bond motifs is 1. The molecular formula is C7H4ClN3O. The van der Waals surface area contributed by atoms with Crippen LogP contribution in [0.4, 0.5) is 0 Å². The van der Waals surface area contributed by atoms with Crippen LogP contribution in [-0.4, -0.2) is 9.97 Å². The highest BCUT2D eigenvalue weighted by molar-refractivity contribution is 6.29. The van der Waals surface area contributed by atoms with Gasteiger partial charge in [-0.05, 0) is 6.07 Å². The number of hydrogen-bond acceptors (Lipinski definition) is 3. The van der Waals surface area contributed by atoms with Crippen molar-refractivity contribution in [3.8, 4) is 0 Å². The van der Waals surface area contributed by atoms with Gasteiger partial charge in [0.15, 0.2) is 11.7 Å². The molecule has 0 aliphatic carbocycles. The highest BCUT2D eigenvalue weighted by atomic mass is 35.5. The Kier molecular flexibility index (Phi) is 1.55. The number of rotatable bonds is 0. The van der Waals surface area contributed by atoms with E-state index < -0.39 is 0 Å². The minimum Gasteiger partial charge on any atom is -0.710 e. The zero-order valence-electron chi connectivity index (χ0n) is 5.94. The van der Waals surface area contributed by atoms with Crippen molar-refractivity contribution in [3.63, 3.8) is 0 Å². The molecule has 2 rings (SSSR count). The van der Waals surface area contributed by atoms with Crippen molar-refractivity contribution < 1.29 is 4.73 Å². The minimum absolute atomic E-state index is 0.357. The molecule has 5 heteroatoms. The van der Waals surface area contributed by atoms with Crippen molar-refractivity contribution in [3.05, 3.63) is 35.1 Å². The molecule has 0 aliphatic heterocycles. The molecular weight excluding hydrogens is 178 g/mol. The van der Waals surface area contributed by atoms with Gasteiger partial charge in [-0.2, -0.15) is 0 Å². The highest BCUT2D eigenvalue weighted by Gasteiger charge is 2.01. The van der Waals surface area contributed by atoms with Crippen LogP contribution >= 0.6 is 11.6 Å². The normalized spacial score (nSPS) is 10.4. The average Bonchev–Trinajstić information content (AvgIpc) is 2.04. The smallest absolute Gasteiger partial charge is 0.289 e. The van der Waals surface area contributed by atoms with Gasteiger partial charge in [-0.1, -0.05) is 16.6 Å². The zero-order valence-corrected chi connectivity index (χ0v) is 6.69. The summed E-state index contributed by atoms with van der Waals surface area (Å²) in [5.74, 6) is 0. The Morgan fingerprint density at radius 1 is 1.42 bits per heavy atom. The van der Waals surface area contributed by atoms with Crippen molar-refractivity contribution in [1.82, 2.24) is 9.97 Å². The third-order valence-electron chi connectivity index (χ3n) is 1.50. The average molecular weight is 182 g/mol. The molecule has 2 heterocycles. The molecule has 0 fully saturated rings. The largest absolute Gasteiger partial charge is 0.710 e. The van der Waals surface area contributed by atoms with E-state index in [4.69, 9.17) is 11.6 Å². The molecule has 0 atom stereocenters. The van der Waals surface area contributed by atoms with E-state index in [1.807, 2.05) is 0 Å². The minimum atomic E-state index is 0.357. The van der Waals surface area contributed by atoms with E-state index in [9.17, 15) is 5.21 Å². The molecule has 0 spiro atoms. The van der Waals surface area contributed by atoms with Crippen LogP contribution in [0.15, 0.2) is 24.8 Å². The Labute approximate surface area is 73.0 Å². The number of aromatic nitrogens is 3. The van der Waals surface area contributed by atoms with Crippen LogP contribution in [-0.2, 0) is 0 Å². The number of pyridine rings is 1. The van der Waals surface area contributed by atoms with Crippen molar-refractivity contribution in [1.29, 1.82) is 0 Å². The third kappa shape index (κ3) is 1.06. The van der Waals surface area contributed by atoms with Gasteiger partial charge in [0, 0.05) is 0 Å². The van der Waals surface area contributed by atoms with Crippen LogP contribution in [0.1, 0.15) is 0 Å². The van der Waals surface area contributed by atoms with Crippen LogP contribution in [0.2, 0.25) is 5.15 Å². The zero-order chi connectivity index (χ0) is 8.55. The Bertz CT molecular complexity index is 432. The summed E-state index contributed by atoms with van der Waals surface area (Å²) in [7, 11) is 0. The van der Waals surface area contributed by atoms with Gasteiger partial charge in [-0.15, -0.1) is 0 Å². The first kappa shape index (κ1) is 7.24. The van der Waals surface area contributed by atoms with E-state index in [0.29, 0.717) is 20.8 Å². The van der Waals surface area contributed by atoms with Crippen LogP contribution in [0.25, 0.3) is 10.9 Å². The quantitative estimate of drug-likeness (QED) is 0.345. The van der Waals surface area contributed by atoms with Gasteiger partial charge in [0.05, 0.1) is 11.6 Å². The summed E-state index contributed by atoms with van der Waals surface area (Å²) in [5, 5.41) is 12.1. The molecule has 12 heavy (non-hydrogen) atoms. The first-order valence-electron chi connectivity index (χ1n) is 3.26. The predicted octanol–water partition coefficient (Wildman–Crippen LogP) is 0.917. The lowest BCUT2D eigenvalue weighted by Crippen LogP contribution is -2.26. The molecule has 0 aromatic carbocycles. The van der Waals surface area contributed by atoms with E-state index in [-0.39, 0.29) is 0 Å². The lowest BCUT2D eigenvalue weighted by Gasteiger charge is -2.02. The highest BCUT2D eigenvalue weighted by Crippen LogP contribution is 2.11. The summed E-state index contributed by atoms with van der Waals surface area (Å²) in [5.41, 5.74) is 0.467. The molecule has 0 radical (unpaired) electrons. The first-order chi connectivity index (χ1) is 5.77. The van der Waals surface area contributed by atoms with E-state index >= 15 is 0 Å². The Morgan fingerprint density at radius 2 is 2.25 bits per heavy atom. The fourth-order valence-electron chi connectivity index (χ4n) is 0.961. The predicted molar refractivity (Wildman–Crippen MR) is 43.5 cm³/mol. The summed E-state index contributed by atoms with van der Waals surface area (Å²) >= 11 is 5.62. The second kappa shape index (κ2) is 2.57. The third-order valence-corrected chi connectivity index (χ3v) is 1.71. The molecule has 0 saturated heterocycles. The maximum absolute atomic E-state index is 11.1. The van der Waals surface area contributed by atoms with Crippen molar-refractivity contribution in [2.24, 2.45) is 0 Å². The van der Waals surface area contributed by atoms with Gasteiger partial charge in [-0.25, -0.2) is 9.71 Å². The lowest BCUT2D eigenvalue weighted by atomic mass is 10.3. The number of halogens is 1. The Balaban J connectivity index is 2.86. The second-order valence-electron chi connectivity index (χ2n) is 2.29. The molecule has 4 nitrogen and oxygen atoms in total. The molecule has 2 aromatic rings. The van der Waals surface area contributed by atoms with Crippen molar-refractivity contribution >= 4 is 22.5 Å². The molecule has 2 aromatic heterocycles. The van der Waals surface area contributed by atoms with Gasteiger partial charge in [0.1, 0.15) is 5.15 Å². The lowest BCUT2D eigenvalue weighted by molar-refractivity contribution is -0.580. The fraction of sp³-hybridized carbons (Fsp3) is 0. The van der Waals surface area contributed by atoms with E-state index in [2.05, 4.69) is 9.97 Å². The molecule has 0 unspecified atom stereocenters.